The minimum Gasteiger partial charge on any atom is -0.493 e. The third kappa shape index (κ3) is 4.71. The van der Waals surface area contributed by atoms with Crippen LogP contribution in [0.25, 0.3) is 0 Å². The molecule has 3 aromatic rings. The molecule has 0 aliphatic carbocycles. The topological polar surface area (TPSA) is 69.7 Å². The van der Waals surface area contributed by atoms with Gasteiger partial charge < -0.3 is 19.5 Å². The highest BCUT2D eigenvalue weighted by molar-refractivity contribution is 6.05. The first kappa shape index (κ1) is 21.2. The molecule has 0 bridgehead atoms. The number of nitrogens with zero attached hydrogens (tertiary/aromatic N) is 1. The minimum absolute atomic E-state index is 0.280. The molecule has 0 fully saturated rings. The third-order valence-corrected chi connectivity index (χ3v) is 4.71. The highest BCUT2D eigenvalue weighted by atomic mass is 16.5. The number of carbonyl (C=O) groups is 1. The van der Waals surface area contributed by atoms with E-state index in [1.807, 2.05) is 57.2 Å². The van der Waals surface area contributed by atoms with Crippen molar-refractivity contribution in [3.63, 3.8) is 0 Å². The fourth-order valence-corrected chi connectivity index (χ4v) is 3.28. The lowest BCUT2D eigenvalue weighted by atomic mass is 10.1. The summed E-state index contributed by atoms with van der Waals surface area (Å²) in [5.41, 5.74) is 4.74. The molecule has 0 aliphatic heterocycles. The van der Waals surface area contributed by atoms with Gasteiger partial charge in [-0.05, 0) is 50.1 Å². The summed E-state index contributed by atoms with van der Waals surface area (Å²) in [4.78, 5) is 17.4. The standard InChI is InChI=1S/C24H26N2O4/c1-15-11-16(2)25-17(3)22(15)26-24(27)19-12-20(28-4)23(21(13-19)29-5)30-14-18-9-7-6-8-10-18/h6-13H,14H2,1-5H3,(H,26,27). The first-order valence-corrected chi connectivity index (χ1v) is 9.62. The van der Waals surface area contributed by atoms with Crippen molar-refractivity contribution < 1.29 is 19.0 Å². The zero-order chi connectivity index (χ0) is 21.7. The van der Waals surface area contributed by atoms with Gasteiger partial charge in [0.2, 0.25) is 5.75 Å². The average Bonchev–Trinajstić information content (AvgIpc) is 2.74. The van der Waals surface area contributed by atoms with Gasteiger partial charge in [-0.25, -0.2) is 0 Å². The number of methoxy groups -OCH3 is 2. The van der Waals surface area contributed by atoms with Crippen LogP contribution in [0.1, 0.15) is 32.9 Å². The van der Waals surface area contributed by atoms with E-state index in [1.165, 1.54) is 14.2 Å². The van der Waals surface area contributed by atoms with Gasteiger partial charge in [0.15, 0.2) is 11.5 Å². The Hall–Kier alpha value is -3.54. The van der Waals surface area contributed by atoms with Gasteiger partial charge in [-0.3, -0.25) is 9.78 Å². The second kappa shape index (κ2) is 9.31. The van der Waals surface area contributed by atoms with E-state index in [-0.39, 0.29) is 5.91 Å². The molecule has 6 heteroatoms. The summed E-state index contributed by atoms with van der Waals surface area (Å²) in [5, 5.41) is 2.95. The number of nitrogens with one attached hydrogen (secondary N) is 1. The molecule has 1 aromatic heterocycles. The number of hydrogen-bond donors (Lipinski definition) is 1. The van der Waals surface area contributed by atoms with Gasteiger partial charge in [0.05, 0.1) is 25.6 Å². The lowest BCUT2D eigenvalue weighted by molar-refractivity contribution is 0.102. The van der Waals surface area contributed by atoms with Crippen molar-refractivity contribution in [2.45, 2.75) is 27.4 Å². The van der Waals surface area contributed by atoms with E-state index in [0.29, 0.717) is 35.1 Å². The molecule has 6 nitrogen and oxygen atoms in total. The van der Waals surface area contributed by atoms with E-state index >= 15 is 0 Å². The molecule has 30 heavy (non-hydrogen) atoms. The predicted octanol–water partition coefficient (Wildman–Crippen LogP) is 4.86. The van der Waals surface area contributed by atoms with Crippen LogP contribution in [-0.2, 0) is 6.61 Å². The number of amides is 1. The number of carbonyl (C=O) groups excluding carboxylic acids is 1. The number of hydrogen-bond acceptors (Lipinski definition) is 5. The zero-order valence-corrected chi connectivity index (χ0v) is 17.9. The molecular weight excluding hydrogens is 380 g/mol. The number of rotatable bonds is 7. The molecule has 2 aromatic carbocycles. The fraction of sp³-hybridized carbons (Fsp3) is 0.250. The summed E-state index contributed by atoms with van der Waals surface area (Å²) in [6.07, 6.45) is 0. The predicted molar refractivity (Wildman–Crippen MR) is 117 cm³/mol. The monoisotopic (exact) mass is 406 g/mol. The molecule has 0 spiro atoms. The molecule has 1 amide bonds. The van der Waals surface area contributed by atoms with Crippen LogP contribution in [0.5, 0.6) is 17.2 Å². The SMILES string of the molecule is COc1cc(C(=O)Nc2c(C)cc(C)nc2C)cc(OC)c1OCc1ccccc1. The van der Waals surface area contributed by atoms with Crippen molar-refractivity contribution in [2.75, 3.05) is 19.5 Å². The van der Waals surface area contributed by atoms with Crippen LogP contribution >= 0.6 is 0 Å². The second-order valence-corrected chi connectivity index (χ2v) is 6.98. The Morgan fingerprint density at radius 1 is 0.967 bits per heavy atom. The normalized spacial score (nSPS) is 10.4. The van der Waals surface area contributed by atoms with Crippen molar-refractivity contribution in [1.82, 2.24) is 4.98 Å². The van der Waals surface area contributed by atoms with Crippen molar-refractivity contribution in [1.29, 1.82) is 0 Å². The molecule has 3 rings (SSSR count). The summed E-state index contributed by atoms with van der Waals surface area (Å²) in [7, 11) is 3.06. The fourth-order valence-electron chi connectivity index (χ4n) is 3.28. The van der Waals surface area contributed by atoms with E-state index in [1.54, 1.807) is 12.1 Å². The maximum absolute atomic E-state index is 12.9. The van der Waals surface area contributed by atoms with Crippen LogP contribution in [0.15, 0.2) is 48.5 Å². The maximum Gasteiger partial charge on any atom is 0.255 e. The van der Waals surface area contributed by atoms with Crippen molar-refractivity contribution in [3.8, 4) is 17.2 Å². The number of ether oxygens (including phenoxy) is 3. The molecule has 156 valence electrons. The number of pyridine rings is 1. The third-order valence-electron chi connectivity index (χ3n) is 4.71. The van der Waals surface area contributed by atoms with E-state index in [9.17, 15) is 4.79 Å². The van der Waals surface area contributed by atoms with Gasteiger partial charge in [0, 0.05) is 11.3 Å². The van der Waals surface area contributed by atoms with Gasteiger partial charge >= 0.3 is 0 Å². The second-order valence-electron chi connectivity index (χ2n) is 6.98. The molecule has 0 aliphatic rings. The lowest BCUT2D eigenvalue weighted by Gasteiger charge is -2.17. The largest absolute Gasteiger partial charge is 0.493 e. The number of aromatic nitrogens is 1. The van der Waals surface area contributed by atoms with Gasteiger partial charge in [-0.15, -0.1) is 0 Å². The summed E-state index contributed by atoms with van der Waals surface area (Å²) < 4.78 is 16.9. The summed E-state index contributed by atoms with van der Waals surface area (Å²) >= 11 is 0. The molecule has 0 atom stereocenters. The van der Waals surface area contributed by atoms with E-state index < -0.39 is 0 Å². The Labute approximate surface area is 176 Å². The Kier molecular flexibility index (Phi) is 6.57. The first-order valence-electron chi connectivity index (χ1n) is 9.62. The average molecular weight is 406 g/mol. The highest BCUT2D eigenvalue weighted by Crippen LogP contribution is 2.39. The van der Waals surface area contributed by atoms with Gasteiger partial charge in [0.1, 0.15) is 6.61 Å². The Bertz CT molecular complexity index is 1000. The molecule has 0 radical (unpaired) electrons. The Morgan fingerprint density at radius 2 is 1.60 bits per heavy atom. The van der Waals surface area contributed by atoms with E-state index in [2.05, 4.69) is 10.3 Å². The molecular formula is C24H26N2O4. The molecule has 1 heterocycles. The van der Waals surface area contributed by atoms with Gasteiger partial charge in [-0.1, -0.05) is 30.3 Å². The first-order chi connectivity index (χ1) is 14.4. The van der Waals surface area contributed by atoms with Crippen molar-refractivity contribution >= 4 is 11.6 Å². The highest BCUT2D eigenvalue weighted by Gasteiger charge is 2.19. The number of aryl methyl sites for hydroxylation is 3. The summed E-state index contributed by atoms with van der Waals surface area (Å²) in [6, 6.07) is 15.0. The van der Waals surface area contributed by atoms with Crippen LogP contribution in [0, 0.1) is 20.8 Å². The maximum atomic E-state index is 12.9. The van der Waals surface area contributed by atoms with Crippen LogP contribution in [0.2, 0.25) is 0 Å². The quantitative estimate of drug-likeness (QED) is 0.607. The number of benzene rings is 2. The van der Waals surface area contributed by atoms with Crippen LogP contribution in [0.3, 0.4) is 0 Å². The Morgan fingerprint density at radius 3 is 2.17 bits per heavy atom. The van der Waals surface area contributed by atoms with Crippen LogP contribution < -0.4 is 19.5 Å². The zero-order valence-electron chi connectivity index (χ0n) is 17.9. The summed E-state index contributed by atoms with van der Waals surface area (Å²) in [5.74, 6) is 1.01. The molecule has 1 N–H and O–H groups in total. The Balaban J connectivity index is 1.88. The summed E-state index contributed by atoms with van der Waals surface area (Å²) in [6.45, 7) is 6.10. The minimum atomic E-state index is -0.280. The molecule has 0 saturated heterocycles. The van der Waals surface area contributed by atoms with Crippen molar-refractivity contribution in [2.24, 2.45) is 0 Å². The van der Waals surface area contributed by atoms with Gasteiger partial charge in [-0.2, -0.15) is 0 Å². The molecule has 0 unspecified atom stereocenters. The van der Waals surface area contributed by atoms with Crippen LogP contribution in [-0.4, -0.2) is 25.1 Å². The van der Waals surface area contributed by atoms with Crippen LogP contribution in [0.4, 0.5) is 5.69 Å². The number of anilines is 1. The molecule has 0 saturated carbocycles. The van der Waals surface area contributed by atoms with Gasteiger partial charge in [0.25, 0.3) is 5.91 Å². The van der Waals surface area contributed by atoms with Crippen molar-refractivity contribution in [3.05, 3.63) is 76.6 Å². The van der Waals surface area contributed by atoms with E-state index in [4.69, 9.17) is 14.2 Å². The smallest absolute Gasteiger partial charge is 0.255 e. The van der Waals surface area contributed by atoms with E-state index in [0.717, 1.165) is 22.5 Å². The lowest BCUT2D eigenvalue weighted by Crippen LogP contribution is -2.15.